The highest BCUT2D eigenvalue weighted by molar-refractivity contribution is 7.99. The SMILES string of the molecule is CSCC(=O)C1CCC(=S)N1Cc1ccccc1. The van der Waals surface area contributed by atoms with Crippen LogP contribution in [0.5, 0.6) is 0 Å². The summed E-state index contributed by atoms with van der Waals surface area (Å²) in [7, 11) is 0. The van der Waals surface area contributed by atoms with Gasteiger partial charge in [-0.1, -0.05) is 42.5 Å². The van der Waals surface area contributed by atoms with E-state index in [1.165, 1.54) is 5.56 Å². The maximum absolute atomic E-state index is 12.1. The first kappa shape index (κ1) is 13.6. The molecule has 1 aliphatic rings. The number of Topliss-reactive ketones (excluding diaryl/α,β-unsaturated/α-hetero) is 1. The molecule has 0 saturated carbocycles. The predicted molar refractivity (Wildman–Crippen MR) is 81.0 cm³/mol. The van der Waals surface area contributed by atoms with Gasteiger partial charge < -0.3 is 4.90 Å². The molecule has 96 valence electrons. The van der Waals surface area contributed by atoms with Gasteiger partial charge in [-0.05, 0) is 18.2 Å². The number of rotatable bonds is 5. The lowest BCUT2D eigenvalue weighted by atomic mass is 10.1. The van der Waals surface area contributed by atoms with Crippen LogP contribution in [0, 0.1) is 0 Å². The van der Waals surface area contributed by atoms with Crippen LogP contribution in [0.15, 0.2) is 30.3 Å². The summed E-state index contributed by atoms with van der Waals surface area (Å²) in [5, 5.41) is 0. The fourth-order valence-corrected chi connectivity index (χ4v) is 3.07. The zero-order valence-corrected chi connectivity index (χ0v) is 12.1. The molecule has 0 bridgehead atoms. The van der Waals surface area contributed by atoms with Gasteiger partial charge in [0.1, 0.15) is 0 Å². The standard InChI is InChI=1S/C14H17NOS2/c1-18-10-13(16)12-7-8-14(17)15(12)9-11-5-3-2-4-6-11/h2-6,12H,7-10H2,1H3. The quantitative estimate of drug-likeness (QED) is 0.772. The van der Waals surface area contributed by atoms with Crippen molar-refractivity contribution < 1.29 is 4.79 Å². The Labute approximate surface area is 118 Å². The second-order valence-corrected chi connectivity index (χ2v) is 5.80. The summed E-state index contributed by atoms with van der Waals surface area (Å²) in [6.45, 7) is 0.754. The summed E-state index contributed by atoms with van der Waals surface area (Å²) in [4.78, 5) is 15.1. The van der Waals surface area contributed by atoms with Crippen LogP contribution in [-0.4, -0.2) is 33.7 Å². The van der Waals surface area contributed by atoms with Crippen LogP contribution in [0.2, 0.25) is 0 Å². The summed E-state index contributed by atoms with van der Waals surface area (Å²) in [5.74, 6) is 0.886. The first-order valence-electron chi connectivity index (χ1n) is 6.07. The molecule has 1 heterocycles. The summed E-state index contributed by atoms with van der Waals surface area (Å²) in [6, 6.07) is 10.2. The van der Waals surface area contributed by atoms with E-state index in [2.05, 4.69) is 17.0 Å². The molecule has 0 amide bonds. The van der Waals surface area contributed by atoms with Crippen LogP contribution in [0.1, 0.15) is 18.4 Å². The minimum absolute atomic E-state index is 0.00911. The average Bonchev–Trinajstić information content (AvgIpc) is 2.73. The van der Waals surface area contributed by atoms with Crippen molar-refractivity contribution in [3.8, 4) is 0 Å². The summed E-state index contributed by atoms with van der Waals surface area (Å²) in [5.41, 5.74) is 1.21. The van der Waals surface area contributed by atoms with Crippen LogP contribution in [0.4, 0.5) is 0 Å². The fraction of sp³-hybridized carbons (Fsp3) is 0.429. The van der Waals surface area contributed by atoms with E-state index >= 15 is 0 Å². The fourth-order valence-electron chi connectivity index (χ4n) is 2.29. The molecule has 0 aromatic heterocycles. The Morgan fingerprint density at radius 1 is 1.44 bits per heavy atom. The third-order valence-electron chi connectivity index (χ3n) is 3.18. The number of likely N-dealkylation sites (tertiary alicyclic amines) is 1. The van der Waals surface area contributed by atoms with Crippen molar-refractivity contribution in [2.24, 2.45) is 0 Å². The zero-order chi connectivity index (χ0) is 13.0. The van der Waals surface area contributed by atoms with E-state index in [1.54, 1.807) is 11.8 Å². The lowest BCUT2D eigenvalue weighted by Crippen LogP contribution is -2.38. The molecule has 0 radical (unpaired) electrons. The molecule has 1 aromatic rings. The van der Waals surface area contributed by atoms with Gasteiger partial charge in [0.15, 0.2) is 5.78 Å². The maximum Gasteiger partial charge on any atom is 0.165 e. The van der Waals surface area contributed by atoms with Crippen molar-refractivity contribution >= 4 is 34.8 Å². The van der Waals surface area contributed by atoms with Crippen LogP contribution < -0.4 is 0 Å². The third kappa shape index (κ3) is 3.12. The molecule has 0 spiro atoms. The molecule has 1 atom stereocenters. The predicted octanol–water partition coefficient (Wildman–Crippen LogP) is 2.91. The number of carbonyl (C=O) groups is 1. The number of hydrogen-bond acceptors (Lipinski definition) is 3. The van der Waals surface area contributed by atoms with E-state index in [0.717, 1.165) is 24.4 Å². The number of thioether (sulfide) groups is 1. The molecule has 1 aliphatic heterocycles. The van der Waals surface area contributed by atoms with Crippen LogP contribution in [0.25, 0.3) is 0 Å². The molecule has 1 unspecified atom stereocenters. The third-order valence-corrected chi connectivity index (χ3v) is 4.19. The Hall–Kier alpha value is -0.870. The van der Waals surface area contributed by atoms with E-state index in [4.69, 9.17) is 12.2 Å². The van der Waals surface area contributed by atoms with Crippen molar-refractivity contribution in [3.05, 3.63) is 35.9 Å². The minimum atomic E-state index is -0.00911. The molecular weight excluding hydrogens is 262 g/mol. The van der Waals surface area contributed by atoms with Crippen LogP contribution in [0.3, 0.4) is 0 Å². The summed E-state index contributed by atoms with van der Waals surface area (Å²) < 4.78 is 0. The number of benzene rings is 1. The number of hydrogen-bond donors (Lipinski definition) is 0. The maximum atomic E-state index is 12.1. The number of thiocarbonyl (C=S) groups is 1. The van der Waals surface area contributed by atoms with Crippen LogP contribution in [-0.2, 0) is 11.3 Å². The summed E-state index contributed by atoms with van der Waals surface area (Å²) in [6.07, 6.45) is 3.71. The monoisotopic (exact) mass is 279 g/mol. The van der Waals surface area contributed by atoms with Crippen molar-refractivity contribution in [1.82, 2.24) is 4.90 Å². The van der Waals surface area contributed by atoms with Gasteiger partial charge in [-0.15, -0.1) is 0 Å². The first-order chi connectivity index (χ1) is 8.72. The van der Waals surface area contributed by atoms with Gasteiger partial charge in [0.05, 0.1) is 16.8 Å². The molecule has 2 rings (SSSR count). The molecular formula is C14H17NOS2. The molecule has 0 aliphatic carbocycles. The molecule has 2 nitrogen and oxygen atoms in total. The molecule has 4 heteroatoms. The van der Waals surface area contributed by atoms with Crippen molar-refractivity contribution in [1.29, 1.82) is 0 Å². The average molecular weight is 279 g/mol. The Morgan fingerprint density at radius 3 is 2.83 bits per heavy atom. The zero-order valence-electron chi connectivity index (χ0n) is 10.5. The van der Waals surface area contributed by atoms with E-state index in [1.807, 2.05) is 24.5 Å². The lowest BCUT2D eigenvalue weighted by molar-refractivity contribution is -0.120. The Kier molecular flexibility index (Phi) is 4.78. The highest BCUT2D eigenvalue weighted by Crippen LogP contribution is 2.24. The van der Waals surface area contributed by atoms with E-state index < -0.39 is 0 Å². The van der Waals surface area contributed by atoms with E-state index in [0.29, 0.717) is 11.5 Å². The Morgan fingerprint density at radius 2 is 2.17 bits per heavy atom. The minimum Gasteiger partial charge on any atom is -0.352 e. The largest absolute Gasteiger partial charge is 0.352 e. The van der Waals surface area contributed by atoms with Gasteiger partial charge in [-0.3, -0.25) is 4.79 Å². The van der Waals surface area contributed by atoms with Gasteiger partial charge in [0.2, 0.25) is 0 Å². The number of ketones is 1. The van der Waals surface area contributed by atoms with Gasteiger partial charge in [-0.2, -0.15) is 11.8 Å². The van der Waals surface area contributed by atoms with E-state index in [9.17, 15) is 4.79 Å². The highest BCUT2D eigenvalue weighted by Gasteiger charge is 2.32. The second kappa shape index (κ2) is 6.34. The van der Waals surface area contributed by atoms with Gasteiger partial charge in [-0.25, -0.2) is 0 Å². The van der Waals surface area contributed by atoms with Crippen molar-refractivity contribution in [3.63, 3.8) is 0 Å². The highest BCUT2D eigenvalue weighted by atomic mass is 32.2. The van der Waals surface area contributed by atoms with Gasteiger partial charge in [0, 0.05) is 13.0 Å². The second-order valence-electron chi connectivity index (χ2n) is 4.46. The first-order valence-corrected chi connectivity index (χ1v) is 7.87. The molecule has 1 aromatic carbocycles. The number of carbonyl (C=O) groups excluding carboxylic acids is 1. The van der Waals surface area contributed by atoms with Crippen molar-refractivity contribution in [2.75, 3.05) is 12.0 Å². The number of nitrogens with zero attached hydrogens (tertiary/aromatic N) is 1. The lowest BCUT2D eigenvalue weighted by Gasteiger charge is -2.25. The summed E-state index contributed by atoms with van der Waals surface area (Å²) >= 11 is 6.97. The van der Waals surface area contributed by atoms with Crippen LogP contribution >= 0.6 is 24.0 Å². The Balaban J connectivity index is 2.08. The van der Waals surface area contributed by atoms with Crippen molar-refractivity contribution in [2.45, 2.75) is 25.4 Å². The van der Waals surface area contributed by atoms with Gasteiger partial charge >= 0.3 is 0 Å². The Bertz CT molecular complexity index is 433. The molecule has 1 saturated heterocycles. The normalized spacial score (nSPS) is 19.3. The molecule has 18 heavy (non-hydrogen) atoms. The van der Waals surface area contributed by atoms with Gasteiger partial charge in [0.25, 0.3) is 0 Å². The smallest absolute Gasteiger partial charge is 0.165 e. The topological polar surface area (TPSA) is 20.3 Å². The van der Waals surface area contributed by atoms with E-state index in [-0.39, 0.29) is 6.04 Å². The molecule has 0 N–H and O–H groups in total. The molecule has 1 fully saturated rings.